The molecule has 1 saturated heterocycles. The molecule has 2 N–H and O–H groups in total. The molecular formula is C32H48O9. The Labute approximate surface area is 243 Å². The number of unbranched alkanes of at least 4 members (excludes halogenated alkanes) is 2. The average molecular weight is 577 g/mol. The molecule has 0 bridgehead atoms. The molecule has 0 aromatic heterocycles. The Bertz CT molecular complexity index is 1030. The van der Waals surface area contributed by atoms with E-state index in [0.717, 1.165) is 24.8 Å². The van der Waals surface area contributed by atoms with Crippen LogP contribution in [-0.4, -0.2) is 59.0 Å². The van der Waals surface area contributed by atoms with Crippen LogP contribution >= 0.6 is 0 Å². The average Bonchev–Trinajstić information content (AvgIpc) is 3.17. The number of aliphatic hydroxyl groups is 2. The lowest BCUT2D eigenvalue weighted by Crippen LogP contribution is -2.63. The Balaban J connectivity index is 2.05. The number of ether oxygens (including phenoxy) is 4. The number of allylic oxidation sites excluding steroid dienone is 2. The van der Waals surface area contributed by atoms with Crippen LogP contribution in [0.1, 0.15) is 92.4 Å². The van der Waals surface area contributed by atoms with Gasteiger partial charge in [-0.3, -0.25) is 19.1 Å². The van der Waals surface area contributed by atoms with Crippen molar-refractivity contribution in [1.29, 1.82) is 0 Å². The Morgan fingerprint density at radius 2 is 1.85 bits per heavy atom. The van der Waals surface area contributed by atoms with Gasteiger partial charge in [0, 0.05) is 19.4 Å². The first-order valence-corrected chi connectivity index (χ1v) is 14.9. The lowest BCUT2D eigenvalue weighted by Gasteiger charge is -2.60. The second kappa shape index (κ2) is 13.7. The number of rotatable bonds is 13. The van der Waals surface area contributed by atoms with Crippen LogP contribution in [0.2, 0.25) is 0 Å². The van der Waals surface area contributed by atoms with E-state index in [0.29, 0.717) is 37.7 Å². The van der Waals surface area contributed by atoms with E-state index >= 15 is 0 Å². The van der Waals surface area contributed by atoms with Gasteiger partial charge < -0.3 is 24.4 Å². The van der Waals surface area contributed by atoms with Crippen molar-refractivity contribution in [2.45, 2.75) is 123 Å². The van der Waals surface area contributed by atoms with Crippen LogP contribution in [0.25, 0.3) is 0 Å². The standard InChI is InChI=1S/C32H48O9/c1-8-10-11-12-23(35)16-28(37)40-24-17-25-29(38-21(5)33)41-30(39-22(6)34)32(25)26(18-24)31(7,14-13-19(3)9-2)20(4)15-27(32)36/h9,17,20,23-24,26-27,29-30,35-36H,2-3,8,10-16,18H2,1,4-7H3/t20-,23?,24?,26-,27?,29?,30?,31+,32-/m0/s1. The number of aliphatic hydroxyl groups excluding tert-OH is 2. The molecule has 0 radical (unpaired) electrons. The zero-order chi connectivity index (χ0) is 30.5. The Morgan fingerprint density at radius 1 is 1.17 bits per heavy atom. The zero-order valence-electron chi connectivity index (χ0n) is 25.2. The first-order valence-electron chi connectivity index (χ1n) is 14.9. The van der Waals surface area contributed by atoms with Gasteiger partial charge in [0.2, 0.25) is 12.6 Å². The van der Waals surface area contributed by atoms with Gasteiger partial charge >= 0.3 is 17.9 Å². The van der Waals surface area contributed by atoms with Crippen LogP contribution in [-0.2, 0) is 33.3 Å². The molecule has 230 valence electrons. The normalized spacial score (nSPS) is 34.9. The van der Waals surface area contributed by atoms with Crippen LogP contribution in [0, 0.1) is 22.7 Å². The molecule has 2 aliphatic carbocycles. The Morgan fingerprint density at radius 3 is 2.46 bits per heavy atom. The maximum absolute atomic E-state index is 12.9. The summed E-state index contributed by atoms with van der Waals surface area (Å²) < 4.78 is 23.2. The van der Waals surface area contributed by atoms with E-state index in [2.05, 4.69) is 33.9 Å². The minimum Gasteiger partial charge on any atom is -0.458 e. The van der Waals surface area contributed by atoms with Crippen molar-refractivity contribution in [3.8, 4) is 0 Å². The van der Waals surface area contributed by atoms with Gasteiger partial charge in [-0.15, -0.1) is 0 Å². The predicted octanol–water partition coefficient (Wildman–Crippen LogP) is 4.90. The summed E-state index contributed by atoms with van der Waals surface area (Å²) in [6, 6.07) is 0. The third-order valence-electron chi connectivity index (χ3n) is 9.50. The van der Waals surface area contributed by atoms with Crippen LogP contribution in [0.15, 0.2) is 36.5 Å². The fraction of sp³-hybridized carbons (Fsp3) is 0.719. The van der Waals surface area contributed by atoms with Crippen molar-refractivity contribution in [3.05, 3.63) is 36.5 Å². The summed E-state index contributed by atoms with van der Waals surface area (Å²) in [4.78, 5) is 37.3. The van der Waals surface area contributed by atoms with E-state index in [4.69, 9.17) is 18.9 Å². The van der Waals surface area contributed by atoms with E-state index in [-0.39, 0.29) is 18.3 Å². The maximum atomic E-state index is 12.9. The third-order valence-corrected chi connectivity index (χ3v) is 9.50. The highest BCUT2D eigenvalue weighted by atomic mass is 16.8. The predicted molar refractivity (Wildman–Crippen MR) is 152 cm³/mol. The molecule has 9 heteroatoms. The highest BCUT2D eigenvalue weighted by molar-refractivity contribution is 5.70. The van der Waals surface area contributed by atoms with Crippen molar-refractivity contribution in [2.75, 3.05) is 0 Å². The molecule has 1 aliphatic heterocycles. The molecule has 0 aromatic carbocycles. The highest BCUT2D eigenvalue weighted by Gasteiger charge is 2.71. The van der Waals surface area contributed by atoms with Gasteiger partial charge in [-0.1, -0.05) is 64.8 Å². The van der Waals surface area contributed by atoms with Gasteiger partial charge in [0.1, 0.15) is 6.10 Å². The van der Waals surface area contributed by atoms with Gasteiger partial charge in [-0.2, -0.15) is 0 Å². The van der Waals surface area contributed by atoms with Gasteiger partial charge in [0.15, 0.2) is 0 Å². The summed E-state index contributed by atoms with van der Waals surface area (Å²) in [6.07, 6.45) is 3.73. The van der Waals surface area contributed by atoms with E-state index in [1.54, 1.807) is 12.2 Å². The summed E-state index contributed by atoms with van der Waals surface area (Å²) in [5.74, 6) is -2.08. The molecule has 3 rings (SSSR count). The molecule has 1 heterocycles. The number of carbonyl (C=O) groups is 3. The third kappa shape index (κ3) is 6.95. The van der Waals surface area contributed by atoms with E-state index in [9.17, 15) is 24.6 Å². The minimum absolute atomic E-state index is 0.0348. The summed E-state index contributed by atoms with van der Waals surface area (Å²) in [5.41, 5.74) is -0.348. The molecule has 0 amide bonds. The SMILES string of the molecule is C=CC(=C)CC[C@@]1(C)[C@@H]2CC(OC(=O)CC(O)CCCCC)C=C3C(OC(C)=O)OC(OC(C)=O)[C@@]32C(O)C[C@@H]1C. The quantitative estimate of drug-likeness (QED) is 0.103. The molecule has 2 fully saturated rings. The van der Waals surface area contributed by atoms with Gasteiger partial charge in [0.25, 0.3) is 0 Å². The molecule has 1 spiro atoms. The number of hydrogen-bond donors (Lipinski definition) is 2. The van der Waals surface area contributed by atoms with E-state index < -0.39 is 59.6 Å². The largest absolute Gasteiger partial charge is 0.458 e. The maximum Gasteiger partial charge on any atom is 0.309 e. The lowest BCUT2D eigenvalue weighted by atomic mass is 9.45. The second-order valence-electron chi connectivity index (χ2n) is 12.3. The summed E-state index contributed by atoms with van der Waals surface area (Å²) in [7, 11) is 0. The number of carbonyl (C=O) groups excluding carboxylic acids is 3. The zero-order valence-corrected chi connectivity index (χ0v) is 25.2. The minimum atomic E-state index is -1.23. The second-order valence-corrected chi connectivity index (χ2v) is 12.3. The molecule has 9 nitrogen and oxygen atoms in total. The van der Waals surface area contributed by atoms with Crippen molar-refractivity contribution >= 4 is 17.9 Å². The molecule has 9 atom stereocenters. The first kappa shape index (κ1) is 33.0. The van der Waals surface area contributed by atoms with Gasteiger partial charge in [0.05, 0.1) is 24.0 Å². The molecule has 41 heavy (non-hydrogen) atoms. The van der Waals surface area contributed by atoms with Gasteiger partial charge in [-0.25, -0.2) is 0 Å². The first-order chi connectivity index (χ1) is 19.3. The lowest BCUT2D eigenvalue weighted by molar-refractivity contribution is -0.254. The number of hydrogen-bond acceptors (Lipinski definition) is 9. The Hall–Kier alpha value is -2.49. The van der Waals surface area contributed by atoms with Crippen molar-refractivity contribution in [1.82, 2.24) is 0 Å². The smallest absolute Gasteiger partial charge is 0.309 e. The fourth-order valence-corrected chi connectivity index (χ4v) is 7.16. The summed E-state index contributed by atoms with van der Waals surface area (Å²) in [5, 5.41) is 22.2. The van der Waals surface area contributed by atoms with Crippen molar-refractivity contribution in [2.24, 2.45) is 22.7 Å². The molecular weight excluding hydrogens is 528 g/mol. The van der Waals surface area contributed by atoms with E-state index in [1.807, 2.05) is 0 Å². The van der Waals surface area contributed by atoms with Crippen LogP contribution < -0.4 is 0 Å². The highest BCUT2D eigenvalue weighted by Crippen LogP contribution is 2.67. The topological polar surface area (TPSA) is 129 Å². The van der Waals surface area contributed by atoms with Crippen LogP contribution in [0.5, 0.6) is 0 Å². The van der Waals surface area contributed by atoms with Crippen molar-refractivity contribution < 1.29 is 43.5 Å². The number of esters is 3. The summed E-state index contributed by atoms with van der Waals surface area (Å²) >= 11 is 0. The Kier molecular flexibility index (Phi) is 11.0. The van der Waals surface area contributed by atoms with E-state index in [1.165, 1.54) is 13.8 Å². The molecule has 0 aromatic rings. The van der Waals surface area contributed by atoms with Crippen LogP contribution in [0.4, 0.5) is 0 Å². The fourth-order valence-electron chi connectivity index (χ4n) is 7.16. The molecule has 3 aliphatic rings. The van der Waals surface area contributed by atoms with Gasteiger partial charge in [-0.05, 0) is 55.4 Å². The summed E-state index contributed by atoms with van der Waals surface area (Å²) in [6.45, 7) is 16.7. The van der Waals surface area contributed by atoms with Crippen LogP contribution in [0.3, 0.4) is 0 Å². The molecule has 5 unspecified atom stereocenters. The molecule has 1 saturated carbocycles. The van der Waals surface area contributed by atoms with Crippen molar-refractivity contribution in [3.63, 3.8) is 0 Å². The monoisotopic (exact) mass is 576 g/mol.